The summed E-state index contributed by atoms with van der Waals surface area (Å²) in [5.41, 5.74) is 2.27. The Balaban J connectivity index is 3.11. The summed E-state index contributed by atoms with van der Waals surface area (Å²) in [7, 11) is 0. The smallest absolute Gasteiger partial charge is 0.240 e. The number of hydroxylamine groups is 1. The van der Waals surface area contributed by atoms with Crippen molar-refractivity contribution in [1.82, 2.24) is 5.48 Å². The van der Waals surface area contributed by atoms with Gasteiger partial charge < -0.3 is 0 Å². The van der Waals surface area contributed by atoms with Crippen molar-refractivity contribution in [3.63, 3.8) is 0 Å². The van der Waals surface area contributed by atoms with Crippen LogP contribution in [0, 0.1) is 5.92 Å². The molecule has 3 heteroatoms. The Labute approximate surface area is 61.7 Å². The number of carbonyl (C=O) groups excluding carboxylic acids is 1. The Hall–Kier alpha value is -0.570. The lowest BCUT2D eigenvalue weighted by Crippen LogP contribution is -2.22. The highest BCUT2D eigenvalue weighted by Gasteiger charge is 1.98. The molecule has 0 aliphatic rings. The third kappa shape index (κ3) is 5.56. The van der Waals surface area contributed by atoms with E-state index in [1.807, 2.05) is 0 Å². The van der Waals surface area contributed by atoms with Gasteiger partial charge in [0.25, 0.3) is 0 Å². The van der Waals surface area contributed by atoms with Gasteiger partial charge in [-0.05, 0) is 5.92 Å². The maximum Gasteiger partial charge on any atom is 0.240 e. The zero-order valence-corrected chi connectivity index (χ0v) is 6.81. The SMILES string of the molecule is CCC(C)CONC(C)=O. The fourth-order valence-corrected chi connectivity index (χ4v) is 0.403. The Morgan fingerprint density at radius 3 is 2.70 bits per heavy atom. The highest BCUT2D eigenvalue weighted by molar-refractivity contribution is 5.71. The number of carbonyl (C=O) groups is 1. The minimum absolute atomic E-state index is 0.150. The van der Waals surface area contributed by atoms with Crippen molar-refractivity contribution >= 4 is 5.91 Å². The van der Waals surface area contributed by atoms with Gasteiger partial charge in [-0.3, -0.25) is 9.63 Å². The van der Waals surface area contributed by atoms with E-state index in [9.17, 15) is 4.79 Å². The van der Waals surface area contributed by atoms with E-state index in [4.69, 9.17) is 4.84 Å². The van der Waals surface area contributed by atoms with Gasteiger partial charge in [-0.25, -0.2) is 5.48 Å². The Morgan fingerprint density at radius 1 is 1.70 bits per heavy atom. The van der Waals surface area contributed by atoms with Crippen LogP contribution in [0.3, 0.4) is 0 Å². The van der Waals surface area contributed by atoms with E-state index in [0.29, 0.717) is 12.5 Å². The fourth-order valence-electron chi connectivity index (χ4n) is 0.403. The molecule has 0 fully saturated rings. The Bertz CT molecular complexity index is 104. The van der Waals surface area contributed by atoms with Crippen molar-refractivity contribution in [2.24, 2.45) is 5.92 Å². The number of nitrogens with one attached hydrogen (secondary N) is 1. The van der Waals surface area contributed by atoms with Crippen LogP contribution >= 0.6 is 0 Å². The normalized spacial score (nSPS) is 12.7. The van der Waals surface area contributed by atoms with E-state index < -0.39 is 0 Å². The van der Waals surface area contributed by atoms with Crippen molar-refractivity contribution in [1.29, 1.82) is 0 Å². The summed E-state index contributed by atoms with van der Waals surface area (Å²) < 4.78 is 0. The van der Waals surface area contributed by atoms with Gasteiger partial charge in [0.15, 0.2) is 0 Å². The fraction of sp³-hybridized carbons (Fsp3) is 0.857. The zero-order chi connectivity index (χ0) is 7.98. The number of hydrogen-bond donors (Lipinski definition) is 1. The van der Waals surface area contributed by atoms with Crippen molar-refractivity contribution < 1.29 is 9.63 Å². The van der Waals surface area contributed by atoms with E-state index in [2.05, 4.69) is 19.3 Å². The van der Waals surface area contributed by atoms with Gasteiger partial charge >= 0.3 is 0 Å². The lowest BCUT2D eigenvalue weighted by atomic mass is 10.1. The van der Waals surface area contributed by atoms with Crippen LogP contribution < -0.4 is 5.48 Å². The third-order valence-corrected chi connectivity index (χ3v) is 1.28. The second-order valence-corrected chi connectivity index (χ2v) is 2.48. The van der Waals surface area contributed by atoms with Crippen molar-refractivity contribution in [2.75, 3.05) is 6.61 Å². The van der Waals surface area contributed by atoms with Crippen LogP contribution in [-0.2, 0) is 9.63 Å². The van der Waals surface area contributed by atoms with E-state index in [0.717, 1.165) is 6.42 Å². The lowest BCUT2D eigenvalue weighted by molar-refractivity contribution is -0.132. The highest BCUT2D eigenvalue weighted by Crippen LogP contribution is 1.98. The van der Waals surface area contributed by atoms with E-state index in [1.165, 1.54) is 6.92 Å². The molecule has 0 bridgehead atoms. The molecule has 1 amide bonds. The predicted molar refractivity (Wildman–Crippen MR) is 39.2 cm³/mol. The first-order chi connectivity index (χ1) is 4.66. The van der Waals surface area contributed by atoms with Crippen LogP contribution in [0.1, 0.15) is 27.2 Å². The second-order valence-electron chi connectivity index (χ2n) is 2.48. The molecule has 0 aliphatic heterocycles. The number of hydrogen-bond acceptors (Lipinski definition) is 2. The van der Waals surface area contributed by atoms with Gasteiger partial charge in [0.2, 0.25) is 5.91 Å². The van der Waals surface area contributed by atoms with Crippen molar-refractivity contribution in [3.8, 4) is 0 Å². The summed E-state index contributed by atoms with van der Waals surface area (Å²) in [6.07, 6.45) is 1.07. The van der Waals surface area contributed by atoms with Crippen LogP contribution in [0.2, 0.25) is 0 Å². The molecule has 0 spiro atoms. The summed E-state index contributed by atoms with van der Waals surface area (Å²) in [6, 6.07) is 0. The first kappa shape index (κ1) is 9.43. The Morgan fingerprint density at radius 2 is 2.30 bits per heavy atom. The molecule has 0 saturated carbocycles. The number of amides is 1. The average molecular weight is 145 g/mol. The van der Waals surface area contributed by atoms with Crippen LogP contribution in [0.15, 0.2) is 0 Å². The molecule has 0 aliphatic carbocycles. The van der Waals surface area contributed by atoms with E-state index in [1.54, 1.807) is 0 Å². The van der Waals surface area contributed by atoms with Crippen LogP contribution in [-0.4, -0.2) is 12.5 Å². The topological polar surface area (TPSA) is 38.3 Å². The first-order valence-electron chi connectivity index (χ1n) is 3.55. The second kappa shape index (κ2) is 5.23. The molecule has 1 unspecified atom stereocenters. The Kier molecular flexibility index (Phi) is 4.94. The first-order valence-corrected chi connectivity index (χ1v) is 3.55. The van der Waals surface area contributed by atoms with Crippen molar-refractivity contribution in [2.45, 2.75) is 27.2 Å². The molecule has 0 aromatic carbocycles. The summed E-state index contributed by atoms with van der Waals surface area (Å²) in [6.45, 7) is 6.18. The minimum atomic E-state index is -0.150. The lowest BCUT2D eigenvalue weighted by Gasteiger charge is -2.07. The largest absolute Gasteiger partial charge is 0.273 e. The standard InChI is InChI=1S/C7H15NO2/c1-4-6(2)5-10-8-7(3)9/h6H,4-5H2,1-3H3,(H,8,9). The van der Waals surface area contributed by atoms with E-state index in [-0.39, 0.29) is 5.91 Å². The molecule has 0 rings (SSSR count). The summed E-state index contributed by atoms with van der Waals surface area (Å²) in [4.78, 5) is 15.1. The predicted octanol–water partition coefficient (Wildman–Crippen LogP) is 1.10. The molecular weight excluding hydrogens is 130 g/mol. The molecule has 0 aromatic rings. The molecular formula is C7H15NO2. The molecule has 10 heavy (non-hydrogen) atoms. The third-order valence-electron chi connectivity index (χ3n) is 1.28. The molecule has 0 radical (unpaired) electrons. The molecule has 0 aromatic heterocycles. The number of rotatable bonds is 4. The van der Waals surface area contributed by atoms with Gasteiger partial charge in [-0.2, -0.15) is 0 Å². The van der Waals surface area contributed by atoms with Gasteiger partial charge in [0.1, 0.15) is 0 Å². The molecule has 0 saturated heterocycles. The molecule has 1 atom stereocenters. The zero-order valence-electron chi connectivity index (χ0n) is 6.81. The van der Waals surface area contributed by atoms with Crippen molar-refractivity contribution in [3.05, 3.63) is 0 Å². The van der Waals surface area contributed by atoms with E-state index >= 15 is 0 Å². The van der Waals surface area contributed by atoms with Crippen LogP contribution in [0.5, 0.6) is 0 Å². The van der Waals surface area contributed by atoms with Crippen LogP contribution in [0.4, 0.5) is 0 Å². The van der Waals surface area contributed by atoms with Gasteiger partial charge in [-0.1, -0.05) is 20.3 Å². The van der Waals surface area contributed by atoms with Gasteiger partial charge in [-0.15, -0.1) is 0 Å². The molecule has 60 valence electrons. The van der Waals surface area contributed by atoms with Gasteiger partial charge in [0.05, 0.1) is 6.61 Å². The summed E-state index contributed by atoms with van der Waals surface area (Å²) in [5.74, 6) is 0.357. The maximum atomic E-state index is 10.3. The highest BCUT2D eigenvalue weighted by atomic mass is 16.6. The minimum Gasteiger partial charge on any atom is -0.273 e. The summed E-state index contributed by atoms with van der Waals surface area (Å²) >= 11 is 0. The molecule has 1 N–H and O–H groups in total. The maximum absolute atomic E-state index is 10.3. The summed E-state index contributed by atoms with van der Waals surface area (Å²) in [5, 5.41) is 0. The van der Waals surface area contributed by atoms with Gasteiger partial charge in [0, 0.05) is 6.92 Å². The molecule has 3 nitrogen and oxygen atoms in total. The molecule has 0 heterocycles. The average Bonchev–Trinajstić information content (AvgIpc) is 1.87. The monoisotopic (exact) mass is 145 g/mol. The van der Waals surface area contributed by atoms with Crippen LogP contribution in [0.25, 0.3) is 0 Å². The quantitative estimate of drug-likeness (QED) is 0.601.